The Morgan fingerprint density at radius 3 is 2.53 bits per heavy atom. The SMILES string of the molecule is C=CCCCCn1c(=O)c(N2CCN(C(C)C)CC2)cc2c(N[C@H](C)c3cccc(C(F)(F)C4CCNCC4)c3F)ncnc21. The lowest BCUT2D eigenvalue weighted by molar-refractivity contribution is -0.0781. The number of halogens is 3. The van der Waals surface area contributed by atoms with Crippen molar-refractivity contribution in [3.8, 4) is 0 Å². The highest BCUT2D eigenvalue weighted by molar-refractivity contribution is 5.89. The van der Waals surface area contributed by atoms with Crippen LogP contribution in [-0.4, -0.2) is 64.7 Å². The second-order valence-electron chi connectivity index (χ2n) is 12.6. The molecule has 2 aliphatic heterocycles. The van der Waals surface area contributed by atoms with Crippen molar-refractivity contribution in [1.82, 2.24) is 24.8 Å². The first kappa shape index (κ1) is 32.9. The molecule has 4 heterocycles. The van der Waals surface area contributed by atoms with Crippen molar-refractivity contribution >= 4 is 22.5 Å². The summed E-state index contributed by atoms with van der Waals surface area (Å²) in [4.78, 5) is 27.4. The molecule has 244 valence electrons. The molecule has 0 radical (unpaired) electrons. The van der Waals surface area contributed by atoms with E-state index in [9.17, 15) is 4.79 Å². The highest BCUT2D eigenvalue weighted by Gasteiger charge is 2.44. The number of alkyl halides is 2. The van der Waals surface area contributed by atoms with Crippen molar-refractivity contribution < 1.29 is 13.2 Å². The van der Waals surface area contributed by atoms with E-state index in [0.717, 1.165) is 32.4 Å². The third-order valence-corrected chi connectivity index (χ3v) is 9.35. The van der Waals surface area contributed by atoms with Gasteiger partial charge in [0.05, 0.1) is 17.0 Å². The van der Waals surface area contributed by atoms with E-state index in [-0.39, 0.29) is 11.1 Å². The Hall–Kier alpha value is -3.44. The lowest BCUT2D eigenvalue weighted by Crippen LogP contribution is -2.50. The van der Waals surface area contributed by atoms with Gasteiger partial charge < -0.3 is 15.5 Å². The summed E-state index contributed by atoms with van der Waals surface area (Å²) in [7, 11) is 0. The van der Waals surface area contributed by atoms with Crippen LogP contribution in [0.15, 0.2) is 48.0 Å². The summed E-state index contributed by atoms with van der Waals surface area (Å²) in [5.74, 6) is -4.67. The summed E-state index contributed by atoms with van der Waals surface area (Å²) in [6.45, 7) is 14.5. The molecule has 0 bridgehead atoms. The molecule has 45 heavy (non-hydrogen) atoms. The minimum absolute atomic E-state index is 0.101. The molecular formula is C34H46F3N7O. The van der Waals surface area contributed by atoms with Gasteiger partial charge in [0.2, 0.25) is 0 Å². The van der Waals surface area contributed by atoms with Gasteiger partial charge in [-0.1, -0.05) is 24.3 Å². The lowest BCUT2D eigenvalue weighted by Gasteiger charge is -2.38. The highest BCUT2D eigenvalue weighted by Crippen LogP contribution is 2.43. The van der Waals surface area contributed by atoms with E-state index in [4.69, 9.17) is 0 Å². The Morgan fingerprint density at radius 1 is 1.11 bits per heavy atom. The molecule has 1 atom stereocenters. The maximum absolute atomic E-state index is 15.9. The molecule has 0 unspecified atom stereocenters. The second kappa shape index (κ2) is 14.3. The number of unbranched alkanes of at least 4 members (excludes halogenated alkanes) is 2. The maximum Gasteiger partial charge on any atom is 0.278 e. The number of aryl methyl sites for hydroxylation is 1. The van der Waals surface area contributed by atoms with Gasteiger partial charge in [-0.05, 0) is 72.0 Å². The molecule has 0 amide bonds. The number of fused-ring (bicyclic) bond motifs is 1. The Balaban J connectivity index is 1.49. The van der Waals surface area contributed by atoms with E-state index in [1.807, 2.05) is 12.1 Å². The summed E-state index contributed by atoms with van der Waals surface area (Å²) >= 11 is 0. The summed E-state index contributed by atoms with van der Waals surface area (Å²) in [5, 5.41) is 7.00. The van der Waals surface area contributed by atoms with Gasteiger partial charge in [-0.25, -0.2) is 23.1 Å². The molecule has 0 spiro atoms. The fourth-order valence-electron chi connectivity index (χ4n) is 6.58. The van der Waals surface area contributed by atoms with Gasteiger partial charge in [0.25, 0.3) is 11.5 Å². The molecule has 2 aliphatic rings. The number of benzene rings is 1. The topological polar surface area (TPSA) is 78.3 Å². The molecule has 5 rings (SSSR count). The number of hydrogen-bond acceptors (Lipinski definition) is 7. The zero-order valence-corrected chi connectivity index (χ0v) is 26.7. The number of piperazine rings is 1. The number of allylic oxidation sites excluding steroid dienone is 1. The smallest absolute Gasteiger partial charge is 0.278 e. The largest absolute Gasteiger partial charge is 0.364 e. The zero-order valence-electron chi connectivity index (χ0n) is 26.7. The van der Waals surface area contributed by atoms with Crippen LogP contribution in [0.25, 0.3) is 11.0 Å². The quantitative estimate of drug-likeness (QED) is 0.187. The molecule has 0 aliphatic carbocycles. The monoisotopic (exact) mass is 625 g/mol. The second-order valence-corrected chi connectivity index (χ2v) is 12.6. The fourth-order valence-corrected chi connectivity index (χ4v) is 6.58. The number of anilines is 2. The van der Waals surface area contributed by atoms with Gasteiger partial charge in [0.15, 0.2) is 0 Å². The third kappa shape index (κ3) is 7.04. The lowest BCUT2D eigenvalue weighted by atomic mass is 9.86. The van der Waals surface area contributed by atoms with Crippen LogP contribution in [0.1, 0.15) is 70.0 Å². The minimum atomic E-state index is -3.28. The van der Waals surface area contributed by atoms with Crippen LogP contribution in [0.2, 0.25) is 0 Å². The highest BCUT2D eigenvalue weighted by atomic mass is 19.3. The van der Waals surface area contributed by atoms with Gasteiger partial charge in [-0.3, -0.25) is 14.3 Å². The van der Waals surface area contributed by atoms with Crippen molar-refractivity contribution in [2.24, 2.45) is 5.92 Å². The molecule has 11 heteroatoms. The number of nitrogens with zero attached hydrogens (tertiary/aromatic N) is 5. The van der Waals surface area contributed by atoms with Gasteiger partial charge in [0, 0.05) is 50.2 Å². The number of hydrogen-bond donors (Lipinski definition) is 2. The van der Waals surface area contributed by atoms with Crippen LogP contribution in [0.4, 0.5) is 24.7 Å². The van der Waals surface area contributed by atoms with E-state index >= 15 is 13.2 Å². The van der Waals surface area contributed by atoms with Crippen LogP contribution in [-0.2, 0) is 12.5 Å². The Kier molecular flexibility index (Phi) is 10.5. The van der Waals surface area contributed by atoms with Crippen LogP contribution >= 0.6 is 0 Å². The molecule has 1 aromatic carbocycles. The van der Waals surface area contributed by atoms with E-state index in [1.165, 1.54) is 24.5 Å². The molecule has 3 aromatic rings. The van der Waals surface area contributed by atoms with E-state index in [1.54, 1.807) is 11.5 Å². The zero-order chi connectivity index (χ0) is 32.1. The predicted octanol–water partition coefficient (Wildman–Crippen LogP) is 6.08. The van der Waals surface area contributed by atoms with Crippen molar-refractivity contribution in [3.63, 3.8) is 0 Å². The van der Waals surface area contributed by atoms with Crippen LogP contribution in [0, 0.1) is 11.7 Å². The molecule has 8 nitrogen and oxygen atoms in total. The van der Waals surface area contributed by atoms with Crippen molar-refractivity contribution in [2.75, 3.05) is 49.5 Å². The minimum Gasteiger partial charge on any atom is -0.364 e. The number of piperidine rings is 1. The Morgan fingerprint density at radius 2 is 1.84 bits per heavy atom. The Bertz CT molecular complexity index is 1530. The molecule has 2 saturated heterocycles. The maximum atomic E-state index is 15.9. The van der Waals surface area contributed by atoms with Crippen LogP contribution in [0.5, 0.6) is 0 Å². The molecule has 2 aromatic heterocycles. The first-order valence-corrected chi connectivity index (χ1v) is 16.3. The number of nitrogens with one attached hydrogen (secondary N) is 2. The first-order chi connectivity index (χ1) is 21.6. The predicted molar refractivity (Wildman–Crippen MR) is 175 cm³/mol. The summed E-state index contributed by atoms with van der Waals surface area (Å²) < 4.78 is 48.7. The normalized spacial score (nSPS) is 17.6. The fraction of sp³-hybridized carbons (Fsp3) is 0.559. The van der Waals surface area contributed by atoms with Gasteiger partial charge in [0.1, 0.15) is 29.3 Å². The molecular weight excluding hydrogens is 579 g/mol. The van der Waals surface area contributed by atoms with Gasteiger partial charge in [-0.15, -0.1) is 6.58 Å². The van der Waals surface area contributed by atoms with E-state index in [2.05, 4.69) is 50.8 Å². The van der Waals surface area contributed by atoms with E-state index in [0.29, 0.717) is 74.1 Å². The first-order valence-electron chi connectivity index (χ1n) is 16.3. The van der Waals surface area contributed by atoms with Crippen molar-refractivity contribution in [2.45, 2.75) is 77.4 Å². The molecule has 0 saturated carbocycles. The van der Waals surface area contributed by atoms with Gasteiger partial charge >= 0.3 is 0 Å². The number of pyridine rings is 1. The van der Waals surface area contributed by atoms with Crippen molar-refractivity contribution in [1.29, 1.82) is 0 Å². The van der Waals surface area contributed by atoms with Gasteiger partial charge in [-0.2, -0.15) is 0 Å². The number of aromatic nitrogens is 3. The Labute approximate surface area is 263 Å². The summed E-state index contributed by atoms with van der Waals surface area (Å²) in [5.41, 5.74) is 0.532. The van der Waals surface area contributed by atoms with Crippen molar-refractivity contribution in [3.05, 3.63) is 70.5 Å². The number of rotatable bonds is 12. The average Bonchev–Trinajstić information content (AvgIpc) is 3.04. The standard InChI is InChI=1S/C34H46F3N7O/c1-5-6-7-8-16-44-32-27(21-29(33(44)45)43-19-17-42(18-20-43)23(2)3)31(39-22-40-32)41-24(4)26-10-9-11-28(30(26)35)34(36,37)25-12-14-38-15-13-25/h5,9-11,21-25,38H,1,6-8,12-20H2,2-4H3,(H,39,40,41)/t24-/m1/s1. The molecule has 2 N–H and O–H groups in total. The van der Waals surface area contributed by atoms with E-state index < -0.39 is 29.3 Å². The molecule has 2 fully saturated rings. The third-order valence-electron chi connectivity index (χ3n) is 9.35. The van der Waals surface area contributed by atoms with Crippen LogP contribution in [0.3, 0.4) is 0 Å². The van der Waals surface area contributed by atoms with Crippen LogP contribution < -0.4 is 21.1 Å². The summed E-state index contributed by atoms with van der Waals surface area (Å²) in [6.07, 6.45) is 6.36. The average molecular weight is 626 g/mol. The summed E-state index contributed by atoms with van der Waals surface area (Å²) in [6, 6.07) is 5.80.